The second-order valence-corrected chi connectivity index (χ2v) is 8.48. The Morgan fingerprint density at radius 2 is 1.95 bits per heavy atom. The Morgan fingerprint density at radius 3 is 2.62 bits per heavy atom. The van der Waals surface area contributed by atoms with Crippen molar-refractivity contribution in [3.63, 3.8) is 0 Å². The highest BCUT2D eigenvalue weighted by Crippen LogP contribution is 2.62. The van der Waals surface area contributed by atoms with Gasteiger partial charge in [0.15, 0.2) is 0 Å². The van der Waals surface area contributed by atoms with Crippen molar-refractivity contribution in [3.8, 4) is 0 Å². The quantitative estimate of drug-likeness (QED) is 0.299. The maximum absolute atomic E-state index is 12.3. The molecule has 3 saturated carbocycles. The Kier molecular flexibility index (Phi) is 4.09. The van der Waals surface area contributed by atoms with Gasteiger partial charge in [-0.25, -0.2) is 0 Å². The Hall–Kier alpha value is -0.190. The van der Waals surface area contributed by atoms with Gasteiger partial charge in [-0.2, -0.15) is 0 Å². The van der Waals surface area contributed by atoms with Crippen LogP contribution in [0.1, 0.15) is 52.4 Å². The zero-order valence-electron chi connectivity index (χ0n) is 13.0. The highest BCUT2D eigenvalue weighted by molar-refractivity contribution is 14.1. The van der Waals surface area contributed by atoms with Gasteiger partial charge in [-0.05, 0) is 55.9 Å². The van der Waals surface area contributed by atoms with E-state index in [0.29, 0.717) is 23.5 Å². The molecule has 3 fully saturated rings. The summed E-state index contributed by atoms with van der Waals surface area (Å²) in [5, 5.41) is 0. The van der Waals surface area contributed by atoms with Crippen LogP contribution in [0.3, 0.4) is 0 Å². The van der Waals surface area contributed by atoms with Crippen LogP contribution in [0.15, 0.2) is 11.6 Å². The zero-order valence-corrected chi connectivity index (χ0v) is 15.2. The lowest BCUT2D eigenvalue weighted by molar-refractivity contribution is -0.131. The number of carbonyl (C=O) groups excluding carboxylic acids is 2. The summed E-state index contributed by atoms with van der Waals surface area (Å²) in [7, 11) is 0. The zero-order chi connectivity index (χ0) is 15.3. The van der Waals surface area contributed by atoms with Gasteiger partial charge in [0.2, 0.25) is 0 Å². The molecule has 0 spiro atoms. The molecule has 5 atom stereocenters. The first kappa shape index (κ1) is 15.7. The van der Waals surface area contributed by atoms with Gasteiger partial charge in [0.25, 0.3) is 0 Å². The van der Waals surface area contributed by atoms with Crippen LogP contribution in [-0.2, 0) is 9.59 Å². The number of carbonyl (C=O) groups is 2. The van der Waals surface area contributed by atoms with Crippen LogP contribution in [0.5, 0.6) is 0 Å². The van der Waals surface area contributed by atoms with E-state index in [-0.39, 0.29) is 10.8 Å². The average Bonchev–Trinajstić information content (AvgIpc) is 2.78. The van der Waals surface area contributed by atoms with Crippen molar-refractivity contribution >= 4 is 34.7 Å². The van der Waals surface area contributed by atoms with E-state index in [2.05, 4.69) is 36.4 Å². The number of halogens is 1. The Morgan fingerprint density at radius 1 is 1.19 bits per heavy atom. The van der Waals surface area contributed by atoms with Crippen LogP contribution in [0.2, 0.25) is 0 Å². The van der Waals surface area contributed by atoms with Gasteiger partial charge >= 0.3 is 0 Å². The summed E-state index contributed by atoms with van der Waals surface area (Å²) in [5.41, 5.74) is 1.46. The molecule has 3 rings (SSSR count). The van der Waals surface area contributed by atoms with Gasteiger partial charge in [0.05, 0.1) is 0 Å². The van der Waals surface area contributed by atoms with Crippen LogP contribution >= 0.6 is 22.6 Å². The fraction of sp³-hybridized carbons (Fsp3) is 0.778. The molecule has 0 bridgehead atoms. The number of ketones is 1. The Balaban J connectivity index is 1.96. The highest BCUT2D eigenvalue weighted by Gasteiger charge is 2.58. The third-order valence-electron chi connectivity index (χ3n) is 6.99. The predicted molar refractivity (Wildman–Crippen MR) is 92.4 cm³/mol. The van der Waals surface area contributed by atoms with E-state index >= 15 is 0 Å². The molecule has 3 unspecified atom stereocenters. The smallest absolute Gasteiger partial charge is 0.142 e. The summed E-state index contributed by atoms with van der Waals surface area (Å²) in [4.78, 5) is 23.3. The number of Topliss-reactive ketones (excluding diaryl/α,β-unsaturated/α-hetero) is 1. The SMILES string of the molecule is C[C@]1(CI)/C(=C\C=O)CCC2C1CC[C@]1(C)C(=O)CCC21. The van der Waals surface area contributed by atoms with E-state index in [0.717, 1.165) is 42.8 Å². The Labute approximate surface area is 141 Å². The first-order chi connectivity index (χ1) is 9.97. The van der Waals surface area contributed by atoms with Gasteiger partial charge in [-0.15, -0.1) is 0 Å². The van der Waals surface area contributed by atoms with Gasteiger partial charge in [-0.3, -0.25) is 9.59 Å². The summed E-state index contributed by atoms with van der Waals surface area (Å²) in [6.07, 6.45) is 9.10. The first-order valence-electron chi connectivity index (χ1n) is 8.21. The number of allylic oxidation sites excluding steroid dienone is 2. The van der Waals surface area contributed by atoms with Crippen molar-refractivity contribution in [3.05, 3.63) is 11.6 Å². The lowest BCUT2D eigenvalue weighted by Crippen LogP contribution is -2.50. The summed E-state index contributed by atoms with van der Waals surface area (Å²) >= 11 is 2.49. The van der Waals surface area contributed by atoms with Crippen LogP contribution in [0, 0.1) is 28.6 Å². The molecule has 0 aliphatic heterocycles. The monoisotopic (exact) mass is 400 g/mol. The molecule has 0 amide bonds. The van der Waals surface area contributed by atoms with Gasteiger partial charge in [0, 0.05) is 21.7 Å². The summed E-state index contributed by atoms with van der Waals surface area (Å²) < 4.78 is 1.07. The Bertz CT molecular complexity index is 497. The molecular weight excluding hydrogens is 375 g/mol. The number of hydrogen-bond donors (Lipinski definition) is 0. The molecule has 3 heteroatoms. The third-order valence-corrected chi connectivity index (χ3v) is 8.58. The van der Waals surface area contributed by atoms with Crippen molar-refractivity contribution in [2.45, 2.75) is 52.4 Å². The molecule has 21 heavy (non-hydrogen) atoms. The van der Waals surface area contributed by atoms with Crippen molar-refractivity contribution in [2.75, 3.05) is 4.43 Å². The molecule has 116 valence electrons. The molecule has 0 radical (unpaired) electrons. The summed E-state index contributed by atoms with van der Waals surface area (Å²) in [6.45, 7) is 4.58. The predicted octanol–water partition coefficient (Wildman–Crippen LogP) is 4.36. The van der Waals surface area contributed by atoms with E-state index in [1.165, 1.54) is 12.0 Å². The molecular formula is C18H25IO2. The molecule has 0 saturated heterocycles. The third kappa shape index (κ3) is 2.17. The second kappa shape index (κ2) is 5.47. The minimum absolute atomic E-state index is 0.0424. The summed E-state index contributed by atoms with van der Waals surface area (Å²) in [6, 6.07) is 0. The normalized spacial score (nSPS) is 48.0. The topological polar surface area (TPSA) is 34.1 Å². The highest BCUT2D eigenvalue weighted by atomic mass is 127. The van der Waals surface area contributed by atoms with Crippen LogP contribution in [0.4, 0.5) is 0 Å². The first-order valence-corrected chi connectivity index (χ1v) is 9.74. The van der Waals surface area contributed by atoms with Crippen LogP contribution in [0.25, 0.3) is 0 Å². The number of alkyl halides is 1. The number of aldehydes is 1. The number of fused-ring (bicyclic) bond motifs is 3. The standard InChI is InChI=1S/C18H25IO2/c1-17-9-7-15-13(14(17)5-6-16(17)21)4-3-12(8-10-20)18(15,2)11-19/h8,10,13-15H,3-7,9,11H2,1-2H3/b12-8-/t13?,14?,15?,17-,18-/m0/s1. The lowest BCUT2D eigenvalue weighted by Gasteiger charge is -2.55. The number of rotatable bonds is 2. The average molecular weight is 400 g/mol. The van der Waals surface area contributed by atoms with E-state index in [9.17, 15) is 9.59 Å². The minimum atomic E-state index is -0.0424. The summed E-state index contributed by atoms with van der Waals surface area (Å²) in [5.74, 6) is 2.43. The van der Waals surface area contributed by atoms with E-state index in [4.69, 9.17) is 0 Å². The van der Waals surface area contributed by atoms with Crippen molar-refractivity contribution < 1.29 is 9.59 Å². The van der Waals surface area contributed by atoms with Crippen molar-refractivity contribution in [1.29, 1.82) is 0 Å². The maximum Gasteiger partial charge on any atom is 0.142 e. The molecule has 3 aliphatic rings. The molecule has 0 heterocycles. The van der Waals surface area contributed by atoms with Gasteiger partial charge in [-0.1, -0.05) is 42.0 Å². The van der Waals surface area contributed by atoms with Gasteiger partial charge in [0.1, 0.15) is 12.1 Å². The molecule has 0 aromatic rings. The van der Waals surface area contributed by atoms with E-state index in [1.807, 2.05) is 6.08 Å². The second-order valence-electron chi connectivity index (χ2n) is 7.71. The lowest BCUT2D eigenvalue weighted by atomic mass is 9.49. The van der Waals surface area contributed by atoms with Gasteiger partial charge < -0.3 is 0 Å². The fourth-order valence-corrected chi connectivity index (χ4v) is 6.69. The van der Waals surface area contributed by atoms with E-state index < -0.39 is 0 Å². The molecule has 0 N–H and O–H groups in total. The van der Waals surface area contributed by atoms with Crippen LogP contribution < -0.4 is 0 Å². The fourth-order valence-electron chi connectivity index (χ4n) is 5.64. The maximum atomic E-state index is 12.3. The minimum Gasteiger partial charge on any atom is -0.299 e. The molecule has 3 aliphatic carbocycles. The van der Waals surface area contributed by atoms with Crippen molar-refractivity contribution in [1.82, 2.24) is 0 Å². The number of hydrogen-bond acceptors (Lipinski definition) is 2. The molecule has 2 nitrogen and oxygen atoms in total. The van der Waals surface area contributed by atoms with E-state index in [1.54, 1.807) is 0 Å². The molecule has 0 aromatic carbocycles. The van der Waals surface area contributed by atoms with Crippen molar-refractivity contribution in [2.24, 2.45) is 28.6 Å². The largest absolute Gasteiger partial charge is 0.299 e. The molecule has 0 aromatic heterocycles. The van der Waals surface area contributed by atoms with Crippen LogP contribution in [-0.4, -0.2) is 16.5 Å².